The Kier molecular flexibility index (Phi) is 4.31. The number of nitrogens with zero attached hydrogens (tertiary/aromatic N) is 5. The summed E-state index contributed by atoms with van der Waals surface area (Å²) in [4.78, 5) is 28.4. The Morgan fingerprint density at radius 1 is 1.03 bits per heavy atom. The van der Waals surface area contributed by atoms with Gasteiger partial charge in [0.05, 0.1) is 54.4 Å². The fourth-order valence-electron chi connectivity index (χ4n) is 5.42. The molecule has 3 aromatic heterocycles. The molecule has 1 aromatic carbocycles. The smallest absolute Gasteiger partial charge is 0.254 e. The summed E-state index contributed by atoms with van der Waals surface area (Å²) >= 11 is 0. The first-order chi connectivity index (χ1) is 16.7. The zero-order valence-corrected chi connectivity index (χ0v) is 18.4. The minimum Gasteiger partial charge on any atom is -0.381 e. The lowest BCUT2D eigenvalue weighted by Gasteiger charge is -2.19. The molecule has 3 aliphatic heterocycles. The number of pyridine rings is 1. The van der Waals surface area contributed by atoms with Gasteiger partial charge in [0.15, 0.2) is 5.65 Å². The molecule has 4 aromatic rings. The van der Waals surface area contributed by atoms with Crippen molar-refractivity contribution in [3.8, 4) is 11.3 Å². The number of anilines is 3. The van der Waals surface area contributed by atoms with E-state index < -0.39 is 0 Å². The van der Waals surface area contributed by atoms with Crippen LogP contribution in [0.25, 0.3) is 16.9 Å². The molecule has 2 saturated heterocycles. The van der Waals surface area contributed by atoms with E-state index in [0.717, 1.165) is 60.1 Å². The molecular weight excluding hydrogens is 430 g/mol. The molecule has 2 N–H and O–H groups in total. The minimum absolute atomic E-state index is 0.0858. The molecule has 34 heavy (non-hydrogen) atoms. The zero-order chi connectivity index (χ0) is 22.6. The monoisotopic (exact) mass is 453 g/mol. The van der Waals surface area contributed by atoms with Crippen molar-refractivity contribution in [3.05, 3.63) is 66.4 Å². The fourth-order valence-corrected chi connectivity index (χ4v) is 5.42. The van der Waals surface area contributed by atoms with Gasteiger partial charge in [-0.15, -0.1) is 0 Å². The van der Waals surface area contributed by atoms with Gasteiger partial charge in [-0.3, -0.25) is 14.2 Å². The van der Waals surface area contributed by atoms with Gasteiger partial charge in [0.25, 0.3) is 5.91 Å². The average molecular weight is 454 g/mol. The van der Waals surface area contributed by atoms with Gasteiger partial charge in [-0.05, 0) is 23.8 Å². The molecule has 6 heterocycles. The second-order valence-electron chi connectivity index (χ2n) is 9.13. The topological polar surface area (TPSA) is 96.7 Å². The highest BCUT2D eigenvalue weighted by Crippen LogP contribution is 2.36. The van der Waals surface area contributed by atoms with Crippen LogP contribution in [0, 0.1) is 11.8 Å². The third-order valence-electron chi connectivity index (χ3n) is 7.17. The number of aromatic nitrogens is 4. The summed E-state index contributed by atoms with van der Waals surface area (Å²) < 4.78 is 7.57. The quantitative estimate of drug-likeness (QED) is 0.490. The van der Waals surface area contributed by atoms with Gasteiger partial charge in [-0.2, -0.15) is 0 Å². The molecule has 0 bridgehead atoms. The first-order valence-corrected chi connectivity index (χ1v) is 11.5. The Hall–Kier alpha value is -3.98. The van der Waals surface area contributed by atoms with Crippen LogP contribution in [-0.2, 0) is 11.3 Å². The largest absolute Gasteiger partial charge is 0.381 e. The zero-order valence-electron chi connectivity index (χ0n) is 18.4. The molecule has 9 heteroatoms. The van der Waals surface area contributed by atoms with Crippen molar-refractivity contribution >= 4 is 28.7 Å². The number of nitrogens with one attached hydrogen (secondary N) is 2. The van der Waals surface area contributed by atoms with Crippen molar-refractivity contribution in [1.82, 2.24) is 24.7 Å². The lowest BCUT2D eigenvalue weighted by molar-refractivity contribution is 0.0966. The summed E-state index contributed by atoms with van der Waals surface area (Å²) in [7, 11) is 0. The van der Waals surface area contributed by atoms with Crippen molar-refractivity contribution < 1.29 is 9.53 Å². The van der Waals surface area contributed by atoms with Crippen LogP contribution in [0.15, 0.2) is 55.2 Å². The number of rotatable bonds is 4. The molecule has 1 unspecified atom stereocenters. The van der Waals surface area contributed by atoms with Gasteiger partial charge < -0.3 is 20.3 Å². The summed E-state index contributed by atoms with van der Waals surface area (Å²) in [5.74, 6) is 1.88. The standard InChI is InChI=1S/C25H23N7O2/c33-25-24-19(8-29-25)18(21-9-28-23-10-26-5-6-32(21)23)2-3-20(24)30-22-4-1-17(7-27-22)31-11-15-13-34-14-16(15)12-31/h1-7,9-10,15-16H,8,11-14H2,(H,27,30)(H,29,33)/t15-,16?/m1/s1. The van der Waals surface area contributed by atoms with E-state index in [9.17, 15) is 4.79 Å². The van der Waals surface area contributed by atoms with E-state index in [-0.39, 0.29) is 5.91 Å². The Labute approximate surface area is 195 Å². The Morgan fingerprint density at radius 2 is 1.91 bits per heavy atom. The number of carbonyl (C=O) groups excluding carboxylic acids is 1. The molecule has 7 rings (SSSR count). The molecule has 1 amide bonds. The predicted octanol–water partition coefficient (Wildman–Crippen LogP) is 2.86. The van der Waals surface area contributed by atoms with Crippen LogP contribution >= 0.6 is 0 Å². The molecule has 3 aliphatic rings. The van der Waals surface area contributed by atoms with Crippen molar-refractivity contribution in [2.45, 2.75) is 6.54 Å². The summed E-state index contributed by atoms with van der Waals surface area (Å²) in [6, 6.07) is 8.05. The molecule has 0 radical (unpaired) electrons. The summed E-state index contributed by atoms with van der Waals surface area (Å²) in [5, 5.41) is 6.33. The number of carbonyl (C=O) groups is 1. The fraction of sp³-hybridized carbons (Fsp3) is 0.280. The number of hydrogen-bond acceptors (Lipinski definition) is 7. The molecule has 0 saturated carbocycles. The van der Waals surface area contributed by atoms with Crippen LogP contribution in [0.2, 0.25) is 0 Å². The number of imidazole rings is 1. The molecular formula is C25H23N7O2. The number of hydrogen-bond donors (Lipinski definition) is 2. The van der Waals surface area contributed by atoms with Gasteiger partial charge in [-0.25, -0.2) is 9.97 Å². The third kappa shape index (κ3) is 3.04. The summed E-state index contributed by atoms with van der Waals surface area (Å²) in [5.41, 5.74) is 6.15. The van der Waals surface area contributed by atoms with E-state index in [4.69, 9.17) is 4.74 Å². The Bertz CT molecular complexity index is 1400. The maximum atomic E-state index is 12.8. The Balaban J connectivity index is 1.18. The Morgan fingerprint density at radius 3 is 2.74 bits per heavy atom. The highest BCUT2D eigenvalue weighted by molar-refractivity contribution is 6.06. The second kappa shape index (κ2) is 7.53. The maximum absolute atomic E-state index is 12.8. The van der Waals surface area contributed by atoms with Crippen LogP contribution < -0.4 is 15.5 Å². The maximum Gasteiger partial charge on any atom is 0.254 e. The van der Waals surface area contributed by atoms with E-state index in [1.54, 1.807) is 12.4 Å². The van der Waals surface area contributed by atoms with Gasteiger partial charge >= 0.3 is 0 Å². The number of amides is 1. The van der Waals surface area contributed by atoms with Gasteiger partial charge in [0.2, 0.25) is 0 Å². The van der Waals surface area contributed by atoms with E-state index in [0.29, 0.717) is 29.8 Å². The van der Waals surface area contributed by atoms with Gasteiger partial charge in [-0.1, -0.05) is 6.07 Å². The normalized spacial score (nSPS) is 21.1. The molecule has 2 fully saturated rings. The van der Waals surface area contributed by atoms with Crippen molar-refractivity contribution in [3.63, 3.8) is 0 Å². The molecule has 0 spiro atoms. The number of benzene rings is 1. The first kappa shape index (κ1) is 19.5. The van der Waals surface area contributed by atoms with E-state index in [2.05, 4.69) is 36.6 Å². The SMILES string of the molecule is O=C1NCc2c(-c3cnc4cnccn34)ccc(Nc3ccc(N4CC5COC[C@H]5C4)cn3)c21. The molecule has 2 atom stereocenters. The molecule has 9 nitrogen and oxygen atoms in total. The van der Waals surface area contributed by atoms with Crippen molar-refractivity contribution in [2.24, 2.45) is 11.8 Å². The van der Waals surface area contributed by atoms with Crippen LogP contribution in [0.5, 0.6) is 0 Å². The minimum atomic E-state index is -0.0858. The lowest BCUT2D eigenvalue weighted by Crippen LogP contribution is -2.22. The highest BCUT2D eigenvalue weighted by Gasteiger charge is 2.37. The van der Waals surface area contributed by atoms with Gasteiger partial charge in [0, 0.05) is 49.4 Å². The average Bonchev–Trinajstić information content (AvgIpc) is 3.63. The van der Waals surface area contributed by atoms with Crippen LogP contribution in [-0.4, -0.2) is 51.6 Å². The van der Waals surface area contributed by atoms with E-state index >= 15 is 0 Å². The van der Waals surface area contributed by atoms with E-state index in [1.165, 1.54) is 0 Å². The van der Waals surface area contributed by atoms with E-state index in [1.807, 2.05) is 41.2 Å². The highest BCUT2D eigenvalue weighted by atomic mass is 16.5. The van der Waals surface area contributed by atoms with Gasteiger partial charge in [0.1, 0.15) is 5.82 Å². The number of fused-ring (bicyclic) bond motifs is 3. The van der Waals surface area contributed by atoms with Crippen molar-refractivity contribution in [2.75, 3.05) is 36.5 Å². The molecule has 170 valence electrons. The third-order valence-corrected chi connectivity index (χ3v) is 7.17. The second-order valence-corrected chi connectivity index (χ2v) is 9.13. The summed E-state index contributed by atoms with van der Waals surface area (Å²) in [6.07, 6.45) is 9.06. The van der Waals surface area contributed by atoms with Crippen molar-refractivity contribution in [1.29, 1.82) is 0 Å². The first-order valence-electron chi connectivity index (χ1n) is 11.5. The van der Waals surface area contributed by atoms with Crippen LogP contribution in [0.1, 0.15) is 15.9 Å². The predicted molar refractivity (Wildman–Crippen MR) is 127 cm³/mol. The molecule has 0 aliphatic carbocycles. The number of ether oxygens (including phenoxy) is 1. The lowest BCUT2D eigenvalue weighted by atomic mass is 9.99. The van der Waals surface area contributed by atoms with Crippen LogP contribution in [0.3, 0.4) is 0 Å². The summed E-state index contributed by atoms with van der Waals surface area (Å²) in [6.45, 7) is 4.25. The van der Waals surface area contributed by atoms with Crippen LogP contribution in [0.4, 0.5) is 17.2 Å².